The van der Waals surface area contributed by atoms with E-state index in [0.717, 1.165) is 51.9 Å². The average molecular weight is 324 g/mol. The molecule has 23 heavy (non-hydrogen) atoms. The van der Waals surface area contributed by atoms with Gasteiger partial charge in [-0.05, 0) is 31.4 Å². The van der Waals surface area contributed by atoms with E-state index in [2.05, 4.69) is 16.8 Å². The molecule has 1 N–H and O–H groups in total. The summed E-state index contributed by atoms with van der Waals surface area (Å²) >= 11 is 0. The summed E-state index contributed by atoms with van der Waals surface area (Å²) in [5.74, 6) is -0.956. The minimum Gasteiger partial charge on any atom is -0.494 e. The number of benzene rings is 1. The Hall–Kier alpha value is -1.46. The molecule has 0 spiro atoms. The molecule has 1 aliphatic rings. The fraction of sp³-hybridized carbons (Fsp3) is 0.556. The fourth-order valence-corrected chi connectivity index (χ4v) is 3.14. The largest absolute Gasteiger partial charge is 0.494 e. The Balaban J connectivity index is 2.26. The molecule has 0 saturated carbocycles. The predicted molar refractivity (Wildman–Crippen MR) is 88.8 cm³/mol. The van der Waals surface area contributed by atoms with E-state index in [1.54, 1.807) is 0 Å². The number of halogens is 2. The highest BCUT2D eigenvalue weighted by Crippen LogP contribution is 2.34. The van der Waals surface area contributed by atoms with Crippen LogP contribution in [0, 0.1) is 11.6 Å². The Kier molecular flexibility index (Phi) is 6.99. The van der Waals surface area contributed by atoms with Crippen LogP contribution in [-0.4, -0.2) is 38.2 Å². The lowest BCUT2D eigenvalue weighted by atomic mass is 9.96. The summed E-state index contributed by atoms with van der Waals surface area (Å²) in [4.78, 5) is 2.17. The van der Waals surface area contributed by atoms with E-state index in [4.69, 9.17) is 4.74 Å². The molecule has 0 aliphatic carbocycles. The van der Waals surface area contributed by atoms with Gasteiger partial charge in [-0.1, -0.05) is 12.5 Å². The molecule has 5 heteroatoms. The molecule has 128 valence electrons. The van der Waals surface area contributed by atoms with Crippen LogP contribution < -0.4 is 10.1 Å². The van der Waals surface area contributed by atoms with Gasteiger partial charge < -0.3 is 10.1 Å². The van der Waals surface area contributed by atoms with Crippen molar-refractivity contribution in [1.82, 2.24) is 10.2 Å². The summed E-state index contributed by atoms with van der Waals surface area (Å²) in [6, 6.07) is 2.40. The number of nitrogens with one attached hydrogen (secondary N) is 1. The number of nitrogens with zero attached hydrogens (tertiary/aromatic N) is 1. The Morgan fingerprint density at radius 3 is 2.70 bits per heavy atom. The molecule has 3 nitrogen and oxygen atoms in total. The standard InChI is InChI=1S/C18H26F2N2O/c1-3-4-5-6-7-15(22-12-10-21-11-13-22)17-14(19)8-9-16(23-2)18(17)20/h3,8-9,15,21H,1,4-7,10-13H2,2H3/t15-/m1/s1. The molecule has 1 aromatic carbocycles. The number of unbranched alkanes of at least 4 members (excludes halogenated alkanes) is 2. The summed E-state index contributed by atoms with van der Waals surface area (Å²) in [6.07, 6.45) is 5.44. The van der Waals surface area contributed by atoms with Gasteiger partial charge in [0.2, 0.25) is 0 Å². The second-order valence-corrected chi connectivity index (χ2v) is 5.85. The third-order valence-corrected chi connectivity index (χ3v) is 4.37. The third-order valence-electron chi connectivity index (χ3n) is 4.37. The molecule has 0 amide bonds. The van der Waals surface area contributed by atoms with Crippen molar-refractivity contribution in [2.45, 2.75) is 31.7 Å². The quantitative estimate of drug-likeness (QED) is 0.583. The fourth-order valence-electron chi connectivity index (χ4n) is 3.14. The zero-order valence-electron chi connectivity index (χ0n) is 13.8. The molecule has 1 aromatic rings. The lowest BCUT2D eigenvalue weighted by Crippen LogP contribution is -2.45. The maximum absolute atomic E-state index is 14.7. The van der Waals surface area contributed by atoms with Crippen LogP contribution in [0.4, 0.5) is 8.78 Å². The maximum Gasteiger partial charge on any atom is 0.172 e. The average Bonchev–Trinajstić information content (AvgIpc) is 2.58. The van der Waals surface area contributed by atoms with Crippen molar-refractivity contribution in [2.24, 2.45) is 0 Å². The van der Waals surface area contributed by atoms with Crippen molar-refractivity contribution in [1.29, 1.82) is 0 Å². The van der Waals surface area contributed by atoms with Gasteiger partial charge in [0.25, 0.3) is 0 Å². The molecule has 0 radical (unpaired) electrons. The van der Waals surface area contributed by atoms with Crippen LogP contribution in [-0.2, 0) is 0 Å². The topological polar surface area (TPSA) is 24.5 Å². The monoisotopic (exact) mass is 324 g/mol. The first kappa shape index (κ1) is 17.9. The van der Waals surface area contributed by atoms with Crippen molar-refractivity contribution in [3.05, 3.63) is 42.0 Å². The van der Waals surface area contributed by atoms with Crippen molar-refractivity contribution >= 4 is 0 Å². The second-order valence-electron chi connectivity index (χ2n) is 5.85. The molecular weight excluding hydrogens is 298 g/mol. The minimum absolute atomic E-state index is 0.104. The van der Waals surface area contributed by atoms with Gasteiger partial charge in [0.05, 0.1) is 7.11 Å². The molecule has 1 aliphatic heterocycles. The number of ether oxygens (including phenoxy) is 1. The molecular formula is C18H26F2N2O. The molecule has 1 heterocycles. The highest BCUT2D eigenvalue weighted by Gasteiger charge is 2.28. The lowest BCUT2D eigenvalue weighted by molar-refractivity contribution is 0.155. The maximum atomic E-state index is 14.7. The van der Waals surface area contributed by atoms with E-state index < -0.39 is 11.6 Å². The summed E-state index contributed by atoms with van der Waals surface area (Å²) in [6.45, 7) is 7.00. The summed E-state index contributed by atoms with van der Waals surface area (Å²) in [7, 11) is 1.41. The number of hydrogen-bond donors (Lipinski definition) is 1. The zero-order chi connectivity index (χ0) is 16.7. The Bertz CT molecular complexity index is 516. The first-order valence-corrected chi connectivity index (χ1v) is 8.26. The minimum atomic E-state index is -0.570. The van der Waals surface area contributed by atoms with Crippen LogP contribution in [0.25, 0.3) is 0 Å². The summed E-state index contributed by atoms with van der Waals surface area (Å²) in [5.41, 5.74) is 0.143. The van der Waals surface area contributed by atoms with Crippen LogP contribution in [0.2, 0.25) is 0 Å². The van der Waals surface area contributed by atoms with Crippen LogP contribution >= 0.6 is 0 Å². The molecule has 2 rings (SSSR count). The van der Waals surface area contributed by atoms with Crippen molar-refractivity contribution in [3.8, 4) is 5.75 Å². The molecule has 1 fully saturated rings. The number of methoxy groups -OCH3 is 1. The van der Waals surface area contributed by atoms with Gasteiger partial charge in [-0.2, -0.15) is 0 Å². The van der Waals surface area contributed by atoms with Crippen LogP contribution in [0.15, 0.2) is 24.8 Å². The van der Waals surface area contributed by atoms with Gasteiger partial charge >= 0.3 is 0 Å². The molecule has 0 bridgehead atoms. The molecule has 0 unspecified atom stereocenters. The smallest absolute Gasteiger partial charge is 0.172 e. The Labute approximate surface area is 137 Å². The van der Waals surface area contributed by atoms with Gasteiger partial charge in [0.1, 0.15) is 5.82 Å². The molecule has 0 aromatic heterocycles. The Morgan fingerprint density at radius 2 is 2.04 bits per heavy atom. The van der Waals surface area contributed by atoms with Crippen LogP contribution in [0.1, 0.15) is 37.3 Å². The van der Waals surface area contributed by atoms with E-state index in [1.807, 2.05) is 6.08 Å². The second kappa shape index (κ2) is 8.99. The van der Waals surface area contributed by atoms with Gasteiger partial charge in [0, 0.05) is 37.8 Å². The van der Waals surface area contributed by atoms with E-state index in [-0.39, 0.29) is 17.4 Å². The summed E-state index contributed by atoms with van der Waals surface area (Å²) < 4.78 is 34.1. The normalized spacial score (nSPS) is 17.0. The van der Waals surface area contributed by atoms with E-state index in [1.165, 1.54) is 19.2 Å². The third kappa shape index (κ3) is 4.52. The first-order chi connectivity index (χ1) is 11.2. The van der Waals surface area contributed by atoms with Gasteiger partial charge in [-0.15, -0.1) is 6.58 Å². The van der Waals surface area contributed by atoms with E-state index >= 15 is 0 Å². The van der Waals surface area contributed by atoms with Crippen LogP contribution in [0.5, 0.6) is 5.75 Å². The highest BCUT2D eigenvalue weighted by molar-refractivity contribution is 5.34. The summed E-state index contributed by atoms with van der Waals surface area (Å²) in [5, 5.41) is 3.28. The Morgan fingerprint density at radius 1 is 1.30 bits per heavy atom. The van der Waals surface area contributed by atoms with Crippen LogP contribution in [0.3, 0.4) is 0 Å². The zero-order valence-corrected chi connectivity index (χ0v) is 13.8. The van der Waals surface area contributed by atoms with Gasteiger partial charge in [-0.3, -0.25) is 4.90 Å². The number of hydrogen-bond acceptors (Lipinski definition) is 3. The molecule has 1 atom stereocenters. The van der Waals surface area contributed by atoms with Crippen molar-refractivity contribution in [2.75, 3.05) is 33.3 Å². The van der Waals surface area contributed by atoms with Crippen molar-refractivity contribution < 1.29 is 13.5 Å². The SMILES string of the molecule is C=CCCCC[C@H](c1c(F)ccc(OC)c1F)N1CCNCC1. The highest BCUT2D eigenvalue weighted by atomic mass is 19.1. The predicted octanol–water partition coefficient (Wildman–Crippen LogP) is 3.67. The van der Waals surface area contributed by atoms with E-state index in [9.17, 15) is 8.78 Å². The van der Waals surface area contributed by atoms with Gasteiger partial charge in [0.15, 0.2) is 11.6 Å². The van der Waals surface area contributed by atoms with Gasteiger partial charge in [-0.25, -0.2) is 8.78 Å². The lowest BCUT2D eigenvalue weighted by Gasteiger charge is -2.35. The number of allylic oxidation sites excluding steroid dienone is 1. The van der Waals surface area contributed by atoms with Crippen molar-refractivity contribution in [3.63, 3.8) is 0 Å². The first-order valence-electron chi connectivity index (χ1n) is 8.26. The number of rotatable bonds is 8. The number of piperazine rings is 1. The van der Waals surface area contributed by atoms with E-state index in [0.29, 0.717) is 0 Å². The molecule has 1 saturated heterocycles.